The molecule has 0 aromatic heterocycles. The third-order valence-corrected chi connectivity index (χ3v) is 6.64. The van der Waals surface area contributed by atoms with Crippen LogP contribution in [0.3, 0.4) is 0 Å². The number of aromatic hydroxyl groups is 1. The van der Waals surface area contributed by atoms with E-state index >= 15 is 0 Å². The Morgan fingerprint density at radius 1 is 1.19 bits per heavy atom. The summed E-state index contributed by atoms with van der Waals surface area (Å²) in [6, 6.07) is 15.1. The molecule has 1 saturated heterocycles. The molecule has 5 rings (SSSR count). The number of hydrogen-bond acceptors (Lipinski definition) is 6. The maximum absolute atomic E-state index is 13.7. The molecular weight excluding hydrogens is 482 g/mol. The van der Waals surface area contributed by atoms with Crippen molar-refractivity contribution in [3.63, 3.8) is 0 Å². The quantitative estimate of drug-likeness (QED) is 0.430. The summed E-state index contributed by atoms with van der Waals surface area (Å²) in [5.74, 6) is -0.475. The normalized spacial score (nSPS) is 16.6. The molecule has 3 aromatic carbocycles. The number of carbonyl (C=O) groups is 1. The minimum Gasteiger partial charge on any atom is -0.507 e. The Kier molecular flexibility index (Phi) is 7.14. The van der Waals surface area contributed by atoms with E-state index in [1.807, 2.05) is 42.5 Å². The smallest absolute Gasteiger partial charge is 0.264 e. The number of methoxy groups -OCH3 is 1. The van der Waals surface area contributed by atoms with E-state index in [1.54, 1.807) is 12.0 Å². The number of benzene rings is 3. The first kappa shape index (κ1) is 24.8. The van der Waals surface area contributed by atoms with Gasteiger partial charge in [0.05, 0.1) is 19.8 Å². The van der Waals surface area contributed by atoms with Crippen molar-refractivity contribution in [1.29, 1.82) is 0 Å². The van der Waals surface area contributed by atoms with Gasteiger partial charge in [0.15, 0.2) is 0 Å². The summed E-state index contributed by atoms with van der Waals surface area (Å²) >= 11 is 0. The number of halogens is 2. The lowest BCUT2D eigenvalue weighted by Crippen LogP contribution is -2.26. The third kappa shape index (κ3) is 5.32. The highest BCUT2D eigenvalue weighted by Crippen LogP contribution is 2.39. The van der Waals surface area contributed by atoms with E-state index in [9.17, 15) is 18.7 Å². The van der Waals surface area contributed by atoms with Gasteiger partial charge in [0.25, 0.3) is 12.3 Å². The molecule has 37 heavy (non-hydrogen) atoms. The van der Waals surface area contributed by atoms with Crippen molar-refractivity contribution in [3.8, 4) is 17.2 Å². The number of fused-ring (bicyclic) bond motifs is 1. The molecule has 1 amide bonds. The molecule has 194 valence electrons. The predicted molar refractivity (Wildman–Crippen MR) is 133 cm³/mol. The number of nitrogens with zero attached hydrogens (tertiary/aromatic N) is 1. The van der Waals surface area contributed by atoms with E-state index in [1.165, 1.54) is 0 Å². The summed E-state index contributed by atoms with van der Waals surface area (Å²) in [7, 11) is 1.58. The van der Waals surface area contributed by atoms with E-state index < -0.39 is 23.6 Å². The average Bonchev–Trinajstić information content (AvgIpc) is 3.57. The van der Waals surface area contributed by atoms with Crippen molar-refractivity contribution in [2.24, 2.45) is 0 Å². The number of amides is 1. The number of hydrogen-bond donors (Lipinski definition) is 2. The van der Waals surface area contributed by atoms with E-state index in [4.69, 9.17) is 14.2 Å². The van der Waals surface area contributed by atoms with Crippen molar-refractivity contribution < 1.29 is 32.9 Å². The molecule has 0 saturated carbocycles. The molecule has 0 radical (unpaired) electrons. The lowest BCUT2D eigenvalue weighted by molar-refractivity contribution is 0.0742. The molecule has 9 heteroatoms. The zero-order valence-corrected chi connectivity index (χ0v) is 20.4. The highest BCUT2D eigenvalue weighted by Gasteiger charge is 2.32. The average molecular weight is 511 g/mol. The molecule has 2 aliphatic heterocycles. The topological polar surface area (TPSA) is 80.3 Å². The number of anilines is 1. The van der Waals surface area contributed by atoms with Gasteiger partial charge < -0.3 is 29.5 Å². The Labute approximate surface area is 213 Å². The van der Waals surface area contributed by atoms with E-state index in [0.29, 0.717) is 19.0 Å². The largest absolute Gasteiger partial charge is 0.507 e. The van der Waals surface area contributed by atoms with Crippen molar-refractivity contribution in [3.05, 3.63) is 82.4 Å². The second-order valence-electron chi connectivity index (χ2n) is 9.17. The molecule has 1 fully saturated rings. The van der Waals surface area contributed by atoms with Crippen LogP contribution in [0.15, 0.2) is 54.6 Å². The van der Waals surface area contributed by atoms with Gasteiger partial charge in [-0.2, -0.15) is 0 Å². The fraction of sp³-hybridized carbons (Fsp3) is 0.321. The van der Waals surface area contributed by atoms with Crippen LogP contribution in [0, 0.1) is 0 Å². The van der Waals surface area contributed by atoms with Gasteiger partial charge in [0.1, 0.15) is 29.4 Å². The van der Waals surface area contributed by atoms with Gasteiger partial charge in [-0.15, -0.1) is 0 Å². The Morgan fingerprint density at radius 3 is 2.70 bits per heavy atom. The standard InChI is InChI=1S/C28H28F2N2O5/c1-35-21-9-19-13-32(14-22(19)23(12-21)31-20-7-8-36-16-20)28(34)26-24(33)10-18(27(29)30)11-25(26)37-15-17-5-3-2-4-6-17/h2-6,9-12,20,27,31,33H,7-8,13-16H2,1H3/t20-/m0/s1. The SMILES string of the molecule is COc1cc2c(c(N[C@H]3CCOC3)c1)CN(C(=O)c1c(O)cc(C(F)F)cc1OCc1ccccc1)C2. The summed E-state index contributed by atoms with van der Waals surface area (Å²) < 4.78 is 43.8. The Balaban J connectivity index is 1.44. The molecule has 7 nitrogen and oxygen atoms in total. The van der Waals surface area contributed by atoms with Gasteiger partial charge in [0.2, 0.25) is 0 Å². The zero-order valence-electron chi connectivity index (χ0n) is 20.4. The summed E-state index contributed by atoms with van der Waals surface area (Å²) in [6.07, 6.45) is -1.95. The van der Waals surface area contributed by atoms with Gasteiger partial charge in [-0.05, 0) is 41.3 Å². The fourth-order valence-corrected chi connectivity index (χ4v) is 4.71. The van der Waals surface area contributed by atoms with Crippen LogP contribution in [0.4, 0.5) is 14.5 Å². The molecule has 2 N–H and O–H groups in total. The molecule has 3 aromatic rings. The minimum absolute atomic E-state index is 0.0577. The molecule has 0 spiro atoms. The van der Waals surface area contributed by atoms with Crippen LogP contribution < -0.4 is 14.8 Å². The summed E-state index contributed by atoms with van der Waals surface area (Å²) in [5.41, 5.74) is 2.95. The summed E-state index contributed by atoms with van der Waals surface area (Å²) in [6.45, 7) is 1.90. The monoisotopic (exact) mass is 510 g/mol. The van der Waals surface area contributed by atoms with Crippen LogP contribution in [-0.2, 0) is 24.4 Å². The van der Waals surface area contributed by atoms with Gasteiger partial charge >= 0.3 is 0 Å². The zero-order chi connectivity index (χ0) is 25.9. The van der Waals surface area contributed by atoms with E-state index in [2.05, 4.69) is 5.32 Å². The van der Waals surface area contributed by atoms with Crippen molar-refractivity contribution >= 4 is 11.6 Å². The van der Waals surface area contributed by atoms with Crippen molar-refractivity contribution in [1.82, 2.24) is 4.90 Å². The van der Waals surface area contributed by atoms with Crippen molar-refractivity contribution in [2.75, 3.05) is 25.6 Å². The maximum atomic E-state index is 13.7. The van der Waals surface area contributed by atoms with E-state index in [-0.39, 0.29) is 37.1 Å². The molecular formula is C28H28F2N2O5. The lowest BCUT2D eigenvalue weighted by Gasteiger charge is -2.20. The third-order valence-electron chi connectivity index (χ3n) is 6.64. The van der Waals surface area contributed by atoms with Crippen molar-refractivity contribution in [2.45, 2.75) is 38.6 Å². The maximum Gasteiger partial charge on any atom is 0.264 e. The molecule has 0 bridgehead atoms. The Hall–Kier alpha value is -3.85. The number of nitrogens with one attached hydrogen (secondary N) is 1. The number of phenols is 1. The second-order valence-corrected chi connectivity index (χ2v) is 9.17. The van der Waals surface area contributed by atoms with Gasteiger partial charge in [0, 0.05) is 37.0 Å². The van der Waals surface area contributed by atoms with Gasteiger partial charge in [-0.3, -0.25) is 4.79 Å². The number of rotatable bonds is 8. The minimum atomic E-state index is -2.83. The number of carbonyl (C=O) groups excluding carboxylic acids is 1. The van der Waals surface area contributed by atoms with Crippen LogP contribution in [0.1, 0.15) is 45.5 Å². The molecule has 2 heterocycles. The van der Waals surface area contributed by atoms with Crippen LogP contribution >= 0.6 is 0 Å². The molecule has 2 aliphatic rings. The highest BCUT2D eigenvalue weighted by molar-refractivity contribution is 6.00. The second kappa shape index (κ2) is 10.6. The van der Waals surface area contributed by atoms with Crippen LogP contribution in [0.2, 0.25) is 0 Å². The Morgan fingerprint density at radius 2 is 2.00 bits per heavy atom. The summed E-state index contributed by atoms with van der Waals surface area (Å²) in [5, 5.41) is 14.2. The first-order chi connectivity index (χ1) is 17.9. The fourth-order valence-electron chi connectivity index (χ4n) is 4.71. The van der Waals surface area contributed by atoms with Gasteiger partial charge in [-0.25, -0.2) is 8.78 Å². The van der Waals surface area contributed by atoms with Crippen LogP contribution in [0.25, 0.3) is 0 Å². The number of ether oxygens (including phenoxy) is 3. The number of alkyl halides is 2. The highest BCUT2D eigenvalue weighted by atomic mass is 19.3. The Bertz CT molecular complexity index is 1280. The van der Waals surface area contributed by atoms with Crippen LogP contribution in [-0.4, -0.2) is 42.3 Å². The molecule has 0 aliphatic carbocycles. The summed E-state index contributed by atoms with van der Waals surface area (Å²) in [4.78, 5) is 15.2. The van der Waals surface area contributed by atoms with E-state index in [0.717, 1.165) is 40.9 Å². The lowest BCUT2D eigenvalue weighted by atomic mass is 10.1. The van der Waals surface area contributed by atoms with Crippen LogP contribution in [0.5, 0.6) is 17.2 Å². The number of phenolic OH excluding ortho intramolecular Hbond substituents is 1. The predicted octanol–water partition coefficient (Wildman–Crippen LogP) is 5.27. The first-order valence-corrected chi connectivity index (χ1v) is 12.1. The first-order valence-electron chi connectivity index (χ1n) is 12.1. The van der Waals surface area contributed by atoms with Gasteiger partial charge in [-0.1, -0.05) is 30.3 Å². The molecule has 1 atom stereocenters. The molecule has 0 unspecified atom stereocenters.